The molecule has 2 heteroatoms. The first-order valence-corrected chi connectivity index (χ1v) is 5.57. The maximum atomic E-state index is 10.8. The fourth-order valence-electron chi connectivity index (χ4n) is 0.800. The minimum absolute atomic E-state index is 0.332. The Morgan fingerprint density at radius 1 is 1.36 bits per heavy atom. The number of aryl methyl sites for hydroxylation is 1. The SMILES string of the molecule is CC(=O)[I-]c1ccccc1C. The number of halogens is 1. The van der Waals surface area contributed by atoms with Gasteiger partial charge in [0.1, 0.15) is 0 Å². The van der Waals surface area contributed by atoms with Crippen LogP contribution in [0.25, 0.3) is 0 Å². The van der Waals surface area contributed by atoms with Gasteiger partial charge in [0.15, 0.2) is 0 Å². The summed E-state index contributed by atoms with van der Waals surface area (Å²) < 4.78 is 1.58. The zero-order valence-corrected chi connectivity index (χ0v) is 8.75. The summed E-state index contributed by atoms with van der Waals surface area (Å²) >= 11 is -0.393. The summed E-state index contributed by atoms with van der Waals surface area (Å²) in [5.74, 6) is 0. The van der Waals surface area contributed by atoms with Gasteiger partial charge < -0.3 is 0 Å². The number of carbonyl (C=O) groups is 1. The zero-order valence-electron chi connectivity index (χ0n) is 6.60. The fourth-order valence-corrected chi connectivity index (χ4v) is 2.61. The van der Waals surface area contributed by atoms with Crippen LogP contribution in [-0.2, 0) is 4.79 Å². The second kappa shape index (κ2) is 3.85. The van der Waals surface area contributed by atoms with E-state index in [1.54, 1.807) is 6.92 Å². The topological polar surface area (TPSA) is 17.1 Å². The molecule has 0 saturated carbocycles. The van der Waals surface area contributed by atoms with Gasteiger partial charge >= 0.3 is 77.0 Å². The van der Waals surface area contributed by atoms with Crippen LogP contribution in [-0.4, -0.2) is 3.79 Å². The summed E-state index contributed by atoms with van der Waals surface area (Å²) in [4.78, 5) is 10.8. The van der Waals surface area contributed by atoms with Crippen LogP contribution in [0.5, 0.6) is 0 Å². The number of benzene rings is 1. The van der Waals surface area contributed by atoms with E-state index in [-0.39, 0.29) is 0 Å². The van der Waals surface area contributed by atoms with E-state index in [0.717, 1.165) is 0 Å². The third-order valence-corrected chi connectivity index (χ3v) is 3.86. The first-order chi connectivity index (χ1) is 5.20. The maximum absolute atomic E-state index is 10.8. The molecule has 0 aromatic heterocycles. The van der Waals surface area contributed by atoms with Crippen LogP contribution in [0, 0.1) is 10.5 Å². The Balaban J connectivity index is 2.86. The number of hydrogen-bond acceptors (Lipinski definition) is 1. The van der Waals surface area contributed by atoms with E-state index < -0.39 is 21.2 Å². The Labute approximate surface area is 77.1 Å². The van der Waals surface area contributed by atoms with Gasteiger partial charge in [-0.2, -0.15) is 0 Å². The van der Waals surface area contributed by atoms with E-state index in [2.05, 4.69) is 13.0 Å². The third-order valence-electron chi connectivity index (χ3n) is 1.31. The molecule has 1 aromatic carbocycles. The molecule has 0 radical (unpaired) electrons. The van der Waals surface area contributed by atoms with Crippen molar-refractivity contribution in [2.45, 2.75) is 13.8 Å². The molecule has 0 unspecified atom stereocenters. The standard InChI is InChI=1S/C9H10IO/c1-7-5-3-4-6-9(7)10-8(2)11/h3-6H,1-2H3/q-1. The molecule has 1 aromatic rings. The average molecular weight is 261 g/mol. The van der Waals surface area contributed by atoms with Gasteiger partial charge in [0, 0.05) is 0 Å². The molecule has 1 rings (SSSR count). The molecule has 1 nitrogen and oxygen atoms in total. The van der Waals surface area contributed by atoms with Crippen molar-refractivity contribution in [3.63, 3.8) is 0 Å². The average Bonchev–Trinajstić information content (AvgIpc) is 1.93. The van der Waals surface area contributed by atoms with Crippen molar-refractivity contribution in [3.05, 3.63) is 33.4 Å². The first kappa shape index (κ1) is 8.71. The molecule has 0 aliphatic rings. The molecule has 0 fully saturated rings. The molecule has 0 aliphatic heterocycles. The van der Waals surface area contributed by atoms with Gasteiger partial charge in [-0.1, -0.05) is 0 Å². The molecule has 0 spiro atoms. The normalized spacial score (nSPS) is 10.0. The van der Waals surface area contributed by atoms with E-state index >= 15 is 0 Å². The van der Waals surface area contributed by atoms with Gasteiger partial charge in [-0.25, -0.2) is 0 Å². The van der Waals surface area contributed by atoms with Gasteiger partial charge in [-0.15, -0.1) is 0 Å². The number of rotatable bonds is 2. The monoisotopic (exact) mass is 261 g/mol. The molecule has 60 valence electrons. The molecule has 0 bridgehead atoms. The molecule has 0 saturated heterocycles. The third kappa shape index (κ3) is 2.61. The molecule has 11 heavy (non-hydrogen) atoms. The second-order valence-corrected chi connectivity index (χ2v) is 5.53. The van der Waals surface area contributed by atoms with Crippen molar-refractivity contribution < 1.29 is 26.0 Å². The van der Waals surface area contributed by atoms with Crippen molar-refractivity contribution in [2.75, 3.05) is 0 Å². The Morgan fingerprint density at radius 2 is 2.00 bits per heavy atom. The Bertz CT molecular complexity index is 268. The Hall–Kier alpha value is -0.380. The van der Waals surface area contributed by atoms with Crippen molar-refractivity contribution in [1.29, 1.82) is 0 Å². The summed E-state index contributed by atoms with van der Waals surface area (Å²) in [7, 11) is 0. The van der Waals surface area contributed by atoms with E-state index in [9.17, 15) is 4.79 Å². The Kier molecular flexibility index (Phi) is 3.05. The van der Waals surface area contributed by atoms with Crippen LogP contribution >= 0.6 is 0 Å². The summed E-state index contributed by atoms with van der Waals surface area (Å²) in [6, 6.07) is 8.09. The number of carbonyl (C=O) groups excluding carboxylic acids is 1. The number of hydrogen-bond donors (Lipinski definition) is 0. The van der Waals surface area contributed by atoms with E-state index in [1.807, 2.05) is 18.2 Å². The Morgan fingerprint density at radius 3 is 2.55 bits per heavy atom. The van der Waals surface area contributed by atoms with Crippen LogP contribution in [0.15, 0.2) is 24.3 Å². The summed E-state index contributed by atoms with van der Waals surface area (Å²) in [6.45, 7) is 3.72. The summed E-state index contributed by atoms with van der Waals surface area (Å²) in [5.41, 5.74) is 1.25. The van der Waals surface area contributed by atoms with Crippen molar-refractivity contribution in [2.24, 2.45) is 0 Å². The molecule has 0 aliphatic carbocycles. The van der Waals surface area contributed by atoms with Gasteiger partial charge in [-0.3, -0.25) is 0 Å². The molecule has 0 heterocycles. The van der Waals surface area contributed by atoms with Crippen LogP contribution in [0.3, 0.4) is 0 Å². The zero-order chi connectivity index (χ0) is 8.27. The summed E-state index contributed by atoms with van der Waals surface area (Å²) in [5, 5.41) is 0. The molecule has 0 N–H and O–H groups in total. The van der Waals surface area contributed by atoms with Crippen LogP contribution in [0.1, 0.15) is 12.5 Å². The van der Waals surface area contributed by atoms with Crippen LogP contribution in [0.2, 0.25) is 0 Å². The van der Waals surface area contributed by atoms with Gasteiger partial charge in [0.05, 0.1) is 0 Å². The van der Waals surface area contributed by atoms with Crippen molar-refractivity contribution in [1.82, 2.24) is 0 Å². The molecular weight excluding hydrogens is 251 g/mol. The van der Waals surface area contributed by atoms with Gasteiger partial charge in [0.25, 0.3) is 0 Å². The van der Waals surface area contributed by atoms with E-state index in [4.69, 9.17) is 0 Å². The molecular formula is C9H10IO-. The minimum atomic E-state index is -0.393. The van der Waals surface area contributed by atoms with E-state index in [0.29, 0.717) is 3.79 Å². The van der Waals surface area contributed by atoms with Crippen molar-refractivity contribution >= 4 is 3.79 Å². The van der Waals surface area contributed by atoms with Crippen LogP contribution < -0.4 is 21.2 Å². The molecule has 0 atom stereocenters. The van der Waals surface area contributed by atoms with Gasteiger partial charge in [0.2, 0.25) is 0 Å². The van der Waals surface area contributed by atoms with Gasteiger partial charge in [-0.05, 0) is 0 Å². The predicted molar refractivity (Wildman–Crippen MR) is 40.6 cm³/mol. The van der Waals surface area contributed by atoms with Crippen molar-refractivity contribution in [3.8, 4) is 0 Å². The molecule has 0 amide bonds. The fraction of sp³-hybridized carbons (Fsp3) is 0.222. The quantitative estimate of drug-likeness (QED) is 0.483. The van der Waals surface area contributed by atoms with E-state index in [1.165, 1.54) is 9.13 Å². The predicted octanol–water partition coefficient (Wildman–Crippen LogP) is -1.20. The second-order valence-electron chi connectivity index (χ2n) is 2.31. The summed E-state index contributed by atoms with van der Waals surface area (Å²) in [6.07, 6.45) is 0. The first-order valence-electron chi connectivity index (χ1n) is 3.41. The van der Waals surface area contributed by atoms with Crippen LogP contribution in [0.4, 0.5) is 0 Å².